The summed E-state index contributed by atoms with van der Waals surface area (Å²) in [6, 6.07) is 10.3. The van der Waals surface area contributed by atoms with Gasteiger partial charge in [-0.25, -0.2) is 4.79 Å². The molecule has 0 aromatic heterocycles. The van der Waals surface area contributed by atoms with Crippen LogP contribution in [-0.4, -0.2) is 61.3 Å². The van der Waals surface area contributed by atoms with E-state index in [-0.39, 0.29) is 6.09 Å². The van der Waals surface area contributed by atoms with E-state index in [1.54, 1.807) is 0 Å². The van der Waals surface area contributed by atoms with Crippen molar-refractivity contribution in [3.8, 4) is 0 Å². The van der Waals surface area contributed by atoms with E-state index in [1.165, 1.54) is 0 Å². The van der Waals surface area contributed by atoms with Crippen LogP contribution in [0, 0.1) is 0 Å². The molecule has 2 saturated heterocycles. The number of ether oxygens (including phenoxy) is 2. The first-order valence-electron chi connectivity index (χ1n) is 7.60. The van der Waals surface area contributed by atoms with Crippen LogP contribution in [-0.2, 0) is 16.1 Å². The lowest BCUT2D eigenvalue weighted by Gasteiger charge is -2.36. The summed E-state index contributed by atoms with van der Waals surface area (Å²) in [6.45, 7) is 5.47. The molecule has 1 aromatic rings. The van der Waals surface area contributed by atoms with Crippen LogP contribution in [0.15, 0.2) is 30.3 Å². The summed E-state index contributed by atoms with van der Waals surface area (Å²) in [7, 11) is 0. The van der Waals surface area contributed by atoms with Crippen LogP contribution >= 0.6 is 0 Å². The van der Waals surface area contributed by atoms with E-state index in [0.717, 1.165) is 51.4 Å². The number of amides is 1. The Morgan fingerprint density at radius 2 is 1.95 bits per heavy atom. The van der Waals surface area contributed by atoms with Gasteiger partial charge in [-0.3, -0.25) is 4.90 Å². The van der Waals surface area contributed by atoms with E-state index >= 15 is 0 Å². The Morgan fingerprint density at radius 3 is 2.67 bits per heavy atom. The fraction of sp³-hybridized carbons (Fsp3) is 0.562. The van der Waals surface area contributed by atoms with Gasteiger partial charge < -0.3 is 14.4 Å². The molecule has 2 fully saturated rings. The minimum absolute atomic E-state index is 0.203. The fourth-order valence-corrected chi connectivity index (χ4v) is 2.73. The van der Waals surface area contributed by atoms with Crippen LogP contribution < -0.4 is 0 Å². The molecule has 5 nitrogen and oxygen atoms in total. The molecule has 0 spiro atoms. The molecule has 2 heterocycles. The van der Waals surface area contributed by atoms with Crippen LogP contribution in [0.4, 0.5) is 4.79 Å². The van der Waals surface area contributed by atoms with Gasteiger partial charge in [0, 0.05) is 26.2 Å². The molecule has 3 rings (SSSR count). The van der Waals surface area contributed by atoms with Crippen LogP contribution in [0.25, 0.3) is 0 Å². The minimum Gasteiger partial charge on any atom is -0.445 e. The van der Waals surface area contributed by atoms with Crippen molar-refractivity contribution in [1.29, 1.82) is 0 Å². The summed E-state index contributed by atoms with van der Waals surface area (Å²) >= 11 is 0. The number of benzene rings is 1. The molecule has 21 heavy (non-hydrogen) atoms. The monoisotopic (exact) mass is 290 g/mol. The van der Waals surface area contributed by atoms with Crippen molar-refractivity contribution in [2.75, 3.05) is 39.4 Å². The van der Waals surface area contributed by atoms with Crippen molar-refractivity contribution in [2.24, 2.45) is 0 Å². The van der Waals surface area contributed by atoms with Crippen molar-refractivity contribution < 1.29 is 14.3 Å². The first-order chi connectivity index (χ1) is 10.3. The molecule has 2 aliphatic heterocycles. The number of rotatable bonds is 3. The summed E-state index contributed by atoms with van der Waals surface area (Å²) < 4.78 is 10.6. The van der Waals surface area contributed by atoms with Gasteiger partial charge in [0.05, 0.1) is 19.3 Å². The molecule has 1 amide bonds. The van der Waals surface area contributed by atoms with Crippen LogP contribution in [0.2, 0.25) is 0 Å². The Morgan fingerprint density at radius 1 is 1.14 bits per heavy atom. The van der Waals surface area contributed by atoms with Crippen molar-refractivity contribution in [3.05, 3.63) is 35.9 Å². The largest absolute Gasteiger partial charge is 0.445 e. The van der Waals surface area contributed by atoms with Gasteiger partial charge in [-0.15, -0.1) is 0 Å². The average molecular weight is 290 g/mol. The van der Waals surface area contributed by atoms with Crippen LogP contribution in [0.5, 0.6) is 0 Å². The first kappa shape index (κ1) is 14.4. The van der Waals surface area contributed by atoms with Gasteiger partial charge in [0.25, 0.3) is 0 Å². The topological polar surface area (TPSA) is 42.0 Å². The van der Waals surface area contributed by atoms with E-state index in [1.807, 2.05) is 35.2 Å². The second-order valence-corrected chi connectivity index (χ2v) is 5.61. The normalized spacial score (nSPS) is 20.7. The second kappa shape index (κ2) is 6.91. The Balaban J connectivity index is 1.46. The van der Waals surface area contributed by atoms with Crippen molar-refractivity contribution in [1.82, 2.24) is 9.80 Å². The predicted octanol–water partition coefficient (Wildman–Crippen LogP) is 1.73. The molecule has 0 aliphatic carbocycles. The fourth-order valence-electron chi connectivity index (χ4n) is 2.73. The Kier molecular flexibility index (Phi) is 4.72. The summed E-state index contributed by atoms with van der Waals surface area (Å²) in [6.07, 6.45) is 0.794. The summed E-state index contributed by atoms with van der Waals surface area (Å²) in [5.41, 5.74) is 1.02. The third kappa shape index (κ3) is 3.74. The van der Waals surface area contributed by atoms with Gasteiger partial charge in [-0.2, -0.15) is 0 Å². The van der Waals surface area contributed by atoms with Crippen molar-refractivity contribution in [2.45, 2.75) is 19.1 Å². The van der Waals surface area contributed by atoms with Crippen LogP contribution in [0.1, 0.15) is 12.0 Å². The lowest BCUT2D eigenvalue weighted by molar-refractivity contribution is -0.0632. The van der Waals surface area contributed by atoms with E-state index in [4.69, 9.17) is 9.47 Å². The molecule has 2 aliphatic rings. The van der Waals surface area contributed by atoms with Gasteiger partial charge in [0.15, 0.2) is 0 Å². The third-order valence-electron chi connectivity index (χ3n) is 4.13. The average Bonchev–Trinajstić information content (AvgIpc) is 2.70. The Hall–Kier alpha value is -1.59. The van der Waals surface area contributed by atoms with E-state index in [9.17, 15) is 4.79 Å². The number of hydrogen-bond donors (Lipinski definition) is 0. The summed E-state index contributed by atoms with van der Waals surface area (Å²) in [5.74, 6) is 0. The highest BCUT2D eigenvalue weighted by molar-refractivity contribution is 5.67. The first-order valence-corrected chi connectivity index (χ1v) is 7.60. The van der Waals surface area contributed by atoms with E-state index < -0.39 is 0 Å². The molecule has 0 bridgehead atoms. The zero-order valence-electron chi connectivity index (χ0n) is 12.2. The molecular formula is C16H22N2O3. The highest BCUT2D eigenvalue weighted by Gasteiger charge is 2.28. The molecular weight excluding hydrogens is 268 g/mol. The van der Waals surface area contributed by atoms with Crippen molar-refractivity contribution >= 4 is 6.09 Å². The molecule has 0 N–H and O–H groups in total. The molecule has 114 valence electrons. The zero-order valence-corrected chi connectivity index (χ0v) is 12.2. The maximum absolute atomic E-state index is 12.1. The van der Waals surface area contributed by atoms with Crippen molar-refractivity contribution in [3.63, 3.8) is 0 Å². The number of carbonyl (C=O) groups excluding carboxylic acids is 1. The third-order valence-corrected chi connectivity index (χ3v) is 4.13. The maximum Gasteiger partial charge on any atom is 0.410 e. The summed E-state index contributed by atoms with van der Waals surface area (Å²) in [4.78, 5) is 16.4. The summed E-state index contributed by atoms with van der Waals surface area (Å²) in [5, 5.41) is 0. The molecule has 1 aromatic carbocycles. The van der Waals surface area contributed by atoms with E-state index in [2.05, 4.69) is 4.90 Å². The molecule has 0 saturated carbocycles. The van der Waals surface area contributed by atoms with Gasteiger partial charge in [-0.05, 0) is 12.0 Å². The lowest BCUT2D eigenvalue weighted by atomic mass is 10.2. The standard InChI is InChI=1S/C16H22N2O3/c19-16(21-11-14-5-2-1-3-6-14)18-8-4-7-17(9-10-18)15-12-20-13-15/h1-3,5-6,15H,4,7-13H2. The Bertz CT molecular complexity index is 462. The van der Waals surface area contributed by atoms with Crippen LogP contribution in [0.3, 0.4) is 0 Å². The second-order valence-electron chi connectivity index (χ2n) is 5.61. The predicted molar refractivity (Wildman–Crippen MR) is 79.0 cm³/mol. The highest BCUT2D eigenvalue weighted by atomic mass is 16.6. The highest BCUT2D eigenvalue weighted by Crippen LogP contribution is 2.14. The van der Waals surface area contributed by atoms with E-state index in [0.29, 0.717) is 12.6 Å². The maximum atomic E-state index is 12.1. The van der Waals surface area contributed by atoms with Gasteiger partial charge >= 0.3 is 6.09 Å². The quantitative estimate of drug-likeness (QED) is 0.850. The van der Waals surface area contributed by atoms with Gasteiger partial charge in [0.2, 0.25) is 0 Å². The number of hydrogen-bond acceptors (Lipinski definition) is 4. The Labute approximate surface area is 125 Å². The zero-order chi connectivity index (χ0) is 14.5. The molecule has 0 unspecified atom stereocenters. The van der Waals surface area contributed by atoms with Gasteiger partial charge in [-0.1, -0.05) is 30.3 Å². The number of nitrogens with zero attached hydrogens (tertiary/aromatic N) is 2. The molecule has 0 atom stereocenters. The minimum atomic E-state index is -0.203. The smallest absolute Gasteiger partial charge is 0.410 e. The molecule has 0 radical (unpaired) electrons. The number of carbonyl (C=O) groups is 1. The van der Waals surface area contributed by atoms with Gasteiger partial charge in [0.1, 0.15) is 6.61 Å². The lowest BCUT2D eigenvalue weighted by Crippen LogP contribution is -2.50. The SMILES string of the molecule is O=C(OCc1ccccc1)N1CCCN(C2COC2)CC1. The molecule has 5 heteroatoms.